The highest BCUT2D eigenvalue weighted by atomic mass is 32.1. The number of halogens is 3. The first-order valence-electron chi connectivity index (χ1n) is 10.1. The van der Waals surface area contributed by atoms with Crippen molar-refractivity contribution in [1.29, 1.82) is 0 Å². The van der Waals surface area contributed by atoms with Gasteiger partial charge in [0.15, 0.2) is 5.92 Å². The molecule has 1 aliphatic rings. The van der Waals surface area contributed by atoms with Crippen LogP contribution >= 0.6 is 18.8 Å². The minimum absolute atomic E-state index is 0.166. The zero-order valence-corrected chi connectivity index (χ0v) is 20.6. The molecule has 1 fully saturated rings. The van der Waals surface area contributed by atoms with Crippen LogP contribution in [0.15, 0.2) is 42.5 Å². The van der Waals surface area contributed by atoms with E-state index < -0.39 is 37.4 Å². The molecule has 0 radical (unpaired) electrons. The van der Waals surface area contributed by atoms with E-state index in [0.717, 1.165) is 26.7 Å². The van der Waals surface area contributed by atoms with Crippen molar-refractivity contribution in [2.45, 2.75) is 6.36 Å². The highest BCUT2D eigenvalue weighted by Crippen LogP contribution is 2.52. The van der Waals surface area contributed by atoms with E-state index in [1.165, 1.54) is 57.2 Å². The quantitative estimate of drug-likeness (QED) is 0.377. The number of ether oxygens (including phenoxy) is 2. The van der Waals surface area contributed by atoms with E-state index in [1.807, 2.05) is 0 Å². The minimum atomic E-state index is -4.81. The summed E-state index contributed by atoms with van der Waals surface area (Å²) in [6, 6.07) is 9.63. The van der Waals surface area contributed by atoms with Crippen molar-refractivity contribution in [3.63, 3.8) is 0 Å². The zero-order valence-electron chi connectivity index (χ0n) is 18.9. The maximum atomic E-state index is 12.7. The molecule has 1 N–H and O–H groups in total. The van der Waals surface area contributed by atoms with E-state index in [1.54, 1.807) is 0 Å². The molecule has 0 bridgehead atoms. The van der Waals surface area contributed by atoms with E-state index in [2.05, 4.69) is 15.0 Å². The van der Waals surface area contributed by atoms with Gasteiger partial charge in [0.05, 0.1) is 10.2 Å². The molecule has 3 amide bonds. The maximum Gasteiger partial charge on any atom is 0.573 e. The number of rotatable bonds is 5. The van der Waals surface area contributed by atoms with Crippen LogP contribution in [0.1, 0.15) is 0 Å². The molecule has 0 unspecified atom stereocenters. The Kier molecular flexibility index (Phi) is 6.43. The molecule has 15 heteroatoms. The third-order valence-corrected chi connectivity index (χ3v) is 8.93. The van der Waals surface area contributed by atoms with Gasteiger partial charge in [-0.25, -0.2) is 4.98 Å². The van der Waals surface area contributed by atoms with Gasteiger partial charge in [0.1, 0.15) is 11.5 Å². The predicted octanol–water partition coefficient (Wildman–Crippen LogP) is 4.30. The smallest absolute Gasteiger partial charge is 0.431 e. The first kappa shape index (κ1) is 25.5. The van der Waals surface area contributed by atoms with Crippen LogP contribution < -0.4 is 14.8 Å². The van der Waals surface area contributed by atoms with Gasteiger partial charge in [-0.2, -0.15) is 0 Å². The Morgan fingerprint density at radius 2 is 1.64 bits per heavy atom. The highest BCUT2D eigenvalue weighted by molar-refractivity contribution is 7.59. The molecule has 36 heavy (non-hydrogen) atoms. The summed E-state index contributed by atoms with van der Waals surface area (Å²) in [5, 5.41) is 2.65. The highest BCUT2D eigenvalue weighted by Gasteiger charge is 2.50. The van der Waals surface area contributed by atoms with Gasteiger partial charge in [-0.3, -0.25) is 28.3 Å². The van der Waals surface area contributed by atoms with Crippen molar-refractivity contribution in [3.8, 4) is 16.7 Å². The van der Waals surface area contributed by atoms with Crippen LogP contribution in [0.25, 0.3) is 10.2 Å². The third kappa shape index (κ3) is 5.00. The van der Waals surface area contributed by atoms with Crippen molar-refractivity contribution in [2.24, 2.45) is 5.92 Å². The van der Waals surface area contributed by atoms with Gasteiger partial charge in [-0.05, 0) is 36.4 Å². The molecule has 1 saturated heterocycles. The average Bonchev–Trinajstić information content (AvgIpc) is 3.18. The second kappa shape index (κ2) is 9.10. The first-order chi connectivity index (χ1) is 16.8. The number of benzene rings is 2. The Labute approximate surface area is 206 Å². The van der Waals surface area contributed by atoms with Crippen molar-refractivity contribution >= 4 is 52.4 Å². The lowest BCUT2D eigenvalue weighted by Crippen LogP contribution is -2.53. The summed E-state index contributed by atoms with van der Waals surface area (Å²) < 4.78 is 61.6. The van der Waals surface area contributed by atoms with E-state index in [0.29, 0.717) is 16.0 Å². The van der Waals surface area contributed by atoms with Crippen LogP contribution in [0, 0.1) is 5.92 Å². The van der Waals surface area contributed by atoms with Crippen LogP contribution in [-0.4, -0.2) is 59.2 Å². The van der Waals surface area contributed by atoms with E-state index in [-0.39, 0.29) is 16.6 Å². The predicted molar refractivity (Wildman–Crippen MR) is 124 cm³/mol. The largest absolute Gasteiger partial charge is 0.573 e. The number of carbonyl (C=O) groups is 3. The molecule has 2 heterocycles. The maximum absolute atomic E-state index is 12.7. The molecule has 0 atom stereocenters. The van der Waals surface area contributed by atoms with Gasteiger partial charge < -0.3 is 14.8 Å². The van der Waals surface area contributed by atoms with Crippen LogP contribution in [0.5, 0.6) is 16.7 Å². The molecular formula is C21H18F3N4O6PS. The minimum Gasteiger partial charge on any atom is -0.431 e. The fraction of sp³-hybridized carbons (Fsp3) is 0.238. The summed E-state index contributed by atoms with van der Waals surface area (Å²) in [6.07, 6.45) is -4.81. The molecule has 4 rings (SSSR count). The van der Waals surface area contributed by atoms with Crippen LogP contribution in [0.4, 0.5) is 18.9 Å². The lowest BCUT2D eigenvalue weighted by atomic mass is 10.1. The average molecular weight is 542 g/mol. The fourth-order valence-corrected chi connectivity index (χ4v) is 5.54. The molecule has 3 aromatic rings. The number of fused-ring (bicyclic) bond motifs is 1. The second-order valence-electron chi connectivity index (χ2n) is 7.76. The van der Waals surface area contributed by atoms with E-state index >= 15 is 0 Å². The molecule has 2 aromatic carbocycles. The van der Waals surface area contributed by atoms with Gasteiger partial charge in [0, 0.05) is 32.5 Å². The molecule has 0 spiro atoms. The number of aromatic nitrogens is 1. The van der Waals surface area contributed by atoms with E-state index in [4.69, 9.17) is 4.74 Å². The summed E-state index contributed by atoms with van der Waals surface area (Å²) in [4.78, 5) is 41.9. The first-order valence-corrected chi connectivity index (χ1v) is 13.0. The Morgan fingerprint density at radius 1 is 1.06 bits per heavy atom. The number of amides is 3. The Morgan fingerprint density at radius 3 is 2.22 bits per heavy atom. The fourth-order valence-electron chi connectivity index (χ4n) is 3.32. The summed E-state index contributed by atoms with van der Waals surface area (Å²) in [7, 11) is -0.858. The zero-order chi connectivity index (χ0) is 26.4. The Bertz CT molecular complexity index is 1380. The number of alkyl halides is 3. The van der Waals surface area contributed by atoms with Crippen molar-refractivity contribution in [2.75, 3.05) is 26.1 Å². The summed E-state index contributed by atoms with van der Waals surface area (Å²) in [5.74, 6) is -4.33. The molecule has 10 nitrogen and oxygen atoms in total. The van der Waals surface area contributed by atoms with Gasteiger partial charge >= 0.3 is 6.36 Å². The SMILES string of the molecule is CN1C(=O)C(C(=O)Nc2ccc(Oc3nc4ccc(OC(F)(F)F)cc4s3)cc2)C(=O)N(C)P1(C)=O. The van der Waals surface area contributed by atoms with Crippen LogP contribution in [0.3, 0.4) is 0 Å². The van der Waals surface area contributed by atoms with Crippen LogP contribution in [0.2, 0.25) is 0 Å². The lowest BCUT2D eigenvalue weighted by molar-refractivity contribution is -0.274. The molecule has 1 aliphatic heterocycles. The summed E-state index contributed by atoms with van der Waals surface area (Å²) in [6.45, 7) is 1.26. The summed E-state index contributed by atoms with van der Waals surface area (Å²) >= 11 is 1.01. The van der Waals surface area contributed by atoms with Gasteiger partial charge in [-0.1, -0.05) is 11.3 Å². The van der Waals surface area contributed by atoms with Gasteiger partial charge in [0.2, 0.25) is 5.91 Å². The van der Waals surface area contributed by atoms with Crippen molar-refractivity contribution in [1.82, 2.24) is 14.3 Å². The molecule has 190 valence electrons. The molecule has 0 saturated carbocycles. The number of anilines is 1. The normalized spacial score (nSPS) is 20.6. The molecule has 1 aromatic heterocycles. The third-order valence-electron chi connectivity index (χ3n) is 5.41. The monoisotopic (exact) mass is 542 g/mol. The lowest BCUT2D eigenvalue weighted by Gasteiger charge is -2.39. The Balaban J connectivity index is 1.44. The molecule has 0 aliphatic carbocycles. The number of carbonyl (C=O) groups excluding carboxylic acids is 3. The van der Waals surface area contributed by atoms with Gasteiger partial charge in [0.25, 0.3) is 24.5 Å². The standard InChI is InChI=1S/C21H18F3N4O6PS/c1-27-18(30)16(19(31)28(2)35(27,3)32)17(29)25-11-4-6-12(7-5-11)33-20-26-14-9-8-13(10-15(14)36-20)34-21(22,23)24/h4-10,16H,1-3H3,(H,25,29). The van der Waals surface area contributed by atoms with Crippen LogP contribution in [-0.2, 0) is 18.9 Å². The Hall–Kier alpha value is -3.64. The number of nitrogens with one attached hydrogen (secondary N) is 1. The topological polar surface area (TPSA) is 118 Å². The second-order valence-corrected chi connectivity index (χ2v) is 11.6. The number of hydrogen-bond acceptors (Lipinski definition) is 8. The van der Waals surface area contributed by atoms with E-state index in [9.17, 15) is 32.1 Å². The summed E-state index contributed by atoms with van der Waals surface area (Å²) in [5.41, 5.74) is 0.684. The van der Waals surface area contributed by atoms with Crippen molar-refractivity contribution in [3.05, 3.63) is 42.5 Å². The van der Waals surface area contributed by atoms with Gasteiger partial charge in [-0.15, -0.1) is 13.2 Å². The number of hydrogen-bond donors (Lipinski definition) is 1. The number of nitrogens with zero attached hydrogens (tertiary/aromatic N) is 3. The van der Waals surface area contributed by atoms with Crippen molar-refractivity contribution < 1.29 is 41.6 Å². The molecular weight excluding hydrogens is 524 g/mol. The number of thiazole rings is 1.